The maximum absolute atomic E-state index is 13.6. The van der Waals surface area contributed by atoms with Crippen molar-refractivity contribution >= 4 is 34.4 Å². The molecule has 0 spiro atoms. The minimum Gasteiger partial charge on any atom is -0.403 e. The van der Waals surface area contributed by atoms with E-state index in [9.17, 15) is 14.0 Å². The van der Waals surface area contributed by atoms with E-state index in [1.165, 1.54) is 24.8 Å². The number of hydrogen-bond donors (Lipinski definition) is 3. The summed E-state index contributed by atoms with van der Waals surface area (Å²) >= 11 is 0. The van der Waals surface area contributed by atoms with Crippen LogP contribution in [-0.2, 0) is 14.3 Å². The lowest BCUT2D eigenvalue weighted by atomic mass is 9.89. The molecule has 4 heterocycles. The molecule has 5 aromatic rings. The van der Waals surface area contributed by atoms with Crippen molar-refractivity contribution < 1.29 is 23.1 Å². The van der Waals surface area contributed by atoms with Gasteiger partial charge in [0, 0.05) is 62.0 Å². The number of amides is 2. The highest BCUT2D eigenvalue weighted by molar-refractivity contribution is 6.01. The molecule has 0 aliphatic carbocycles. The summed E-state index contributed by atoms with van der Waals surface area (Å²) in [5.41, 5.74) is 3.84. The SMILES string of the molecule is CCNc1nnc(-c2ccc(C3CCN(C(=O)CN4CCC(OC)(C(=O)Nc5ccc6[nH]nc(-c7ccc(F)cc7)c6c5)C4)CC3)cc2)o1. The second-order valence-electron chi connectivity index (χ2n) is 12.7. The fourth-order valence-electron chi connectivity index (χ4n) is 6.82. The van der Waals surface area contributed by atoms with Crippen LogP contribution >= 0.6 is 0 Å². The van der Waals surface area contributed by atoms with Gasteiger partial charge in [-0.1, -0.05) is 17.2 Å². The third-order valence-corrected chi connectivity index (χ3v) is 9.64. The fourth-order valence-corrected chi connectivity index (χ4v) is 6.82. The molecule has 0 bridgehead atoms. The van der Waals surface area contributed by atoms with Crippen LogP contribution in [0.15, 0.2) is 71.1 Å². The molecule has 0 radical (unpaired) electrons. The van der Waals surface area contributed by atoms with Crippen LogP contribution in [0.3, 0.4) is 0 Å². The van der Waals surface area contributed by atoms with E-state index in [4.69, 9.17) is 9.15 Å². The third-order valence-electron chi connectivity index (χ3n) is 9.64. The van der Waals surface area contributed by atoms with Crippen LogP contribution in [-0.4, -0.2) is 94.0 Å². The molecule has 1 atom stereocenters. The van der Waals surface area contributed by atoms with Gasteiger partial charge in [-0.15, -0.1) is 5.10 Å². The van der Waals surface area contributed by atoms with Gasteiger partial charge in [-0.2, -0.15) is 5.10 Å². The molecule has 1 unspecified atom stereocenters. The molecule has 0 saturated carbocycles. The maximum atomic E-state index is 13.6. The quantitative estimate of drug-likeness (QED) is 0.181. The second kappa shape index (κ2) is 13.8. The van der Waals surface area contributed by atoms with Crippen LogP contribution in [0, 0.1) is 5.82 Å². The van der Waals surface area contributed by atoms with Gasteiger partial charge in [0.1, 0.15) is 5.82 Å². The van der Waals surface area contributed by atoms with E-state index in [0.29, 0.717) is 68.3 Å². The molecule has 3 N–H and O–H groups in total. The van der Waals surface area contributed by atoms with Crippen LogP contribution in [0.1, 0.15) is 37.7 Å². The Kier molecular flexibility index (Phi) is 9.11. The Labute approximate surface area is 283 Å². The number of ether oxygens (including phenoxy) is 1. The first-order chi connectivity index (χ1) is 23.8. The van der Waals surface area contributed by atoms with Gasteiger partial charge in [-0.3, -0.25) is 19.6 Å². The van der Waals surface area contributed by atoms with Gasteiger partial charge < -0.3 is 24.7 Å². The molecular weight excluding hydrogens is 627 g/mol. The molecule has 2 fully saturated rings. The average Bonchev–Trinajstić information content (AvgIpc) is 3.88. The Morgan fingerprint density at radius 3 is 2.51 bits per heavy atom. The van der Waals surface area contributed by atoms with Crippen molar-refractivity contribution in [2.24, 2.45) is 0 Å². The Morgan fingerprint density at radius 1 is 1.02 bits per heavy atom. The van der Waals surface area contributed by atoms with Gasteiger partial charge in [-0.05, 0) is 92.3 Å². The number of rotatable bonds is 10. The Hall–Kier alpha value is -5.14. The smallest absolute Gasteiger partial charge is 0.315 e. The summed E-state index contributed by atoms with van der Waals surface area (Å²) in [6, 6.07) is 20.2. The standard InChI is InChI=1S/C36H39FN8O4/c1-3-38-35-43-42-33(49-35)26-6-4-23(5-7-26)24-14-17-45(18-15-24)31(46)21-44-19-16-36(22-44,48-2)34(47)39-28-12-13-30-29(20-28)32(41-40-30)25-8-10-27(37)11-9-25/h4-13,20,24H,3,14-19,21-22H2,1-2H3,(H,38,43)(H,39,47)(H,40,41). The van der Waals surface area contributed by atoms with Crippen molar-refractivity contribution in [3.63, 3.8) is 0 Å². The number of carbonyl (C=O) groups excluding carboxylic acids is 2. The number of likely N-dealkylation sites (tertiary alicyclic amines) is 2. The van der Waals surface area contributed by atoms with Crippen molar-refractivity contribution in [1.82, 2.24) is 30.2 Å². The average molecular weight is 667 g/mol. The largest absolute Gasteiger partial charge is 0.403 e. The zero-order valence-electron chi connectivity index (χ0n) is 27.5. The second-order valence-corrected chi connectivity index (χ2v) is 12.7. The zero-order valence-corrected chi connectivity index (χ0v) is 27.5. The van der Waals surface area contributed by atoms with Gasteiger partial charge in [0.25, 0.3) is 5.91 Å². The predicted octanol–water partition coefficient (Wildman–Crippen LogP) is 5.29. The van der Waals surface area contributed by atoms with E-state index >= 15 is 0 Å². The number of aromatic amines is 1. The molecule has 2 aliphatic rings. The molecule has 3 aromatic carbocycles. The normalized spacial score (nSPS) is 18.6. The topological polar surface area (TPSA) is 142 Å². The first-order valence-corrected chi connectivity index (χ1v) is 16.6. The molecule has 2 saturated heterocycles. The molecule has 2 aliphatic heterocycles. The third kappa shape index (κ3) is 6.76. The summed E-state index contributed by atoms with van der Waals surface area (Å²) in [5.74, 6) is 0.321. The summed E-state index contributed by atoms with van der Waals surface area (Å²) in [6.07, 6.45) is 2.23. The number of carbonyl (C=O) groups is 2. The monoisotopic (exact) mass is 666 g/mol. The van der Waals surface area contributed by atoms with E-state index < -0.39 is 5.60 Å². The van der Waals surface area contributed by atoms with Crippen molar-refractivity contribution in [3.05, 3.63) is 78.1 Å². The number of nitrogens with zero attached hydrogens (tertiary/aromatic N) is 5. The molecule has 2 aromatic heterocycles. The van der Waals surface area contributed by atoms with Gasteiger partial charge >= 0.3 is 6.01 Å². The number of piperidine rings is 1. The lowest BCUT2D eigenvalue weighted by Gasteiger charge is -2.33. The number of H-pyrrole nitrogens is 1. The number of anilines is 2. The zero-order chi connectivity index (χ0) is 34.0. The molecule has 2 amide bonds. The number of benzene rings is 3. The Morgan fingerprint density at radius 2 is 1.78 bits per heavy atom. The lowest BCUT2D eigenvalue weighted by Crippen LogP contribution is -2.48. The van der Waals surface area contributed by atoms with Crippen LogP contribution < -0.4 is 10.6 Å². The highest BCUT2D eigenvalue weighted by Crippen LogP contribution is 2.33. The molecule has 12 nitrogen and oxygen atoms in total. The van der Waals surface area contributed by atoms with E-state index in [1.54, 1.807) is 18.2 Å². The summed E-state index contributed by atoms with van der Waals surface area (Å²) in [7, 11) is 1.54. The van der Waals surface area contributed by atoms with E-state index in [1.807, 2.05) is 41.0 Å². The maximum Gasteiger partial charge on any atom is 0.315 e. The minimum absolute atomic E-state index is 0.0627. The van der Waals surface area contributed by atoms with Gasteiger partial charge in [-0.25, -0.2) is 4.39 Å². The van der Waals surface area contributed by atoms with Gasteiger partial charge in [0.15, 0.2) is 5.60 Å². The molecular formula is C36H39FN8O4. The van der Waals surface area contributed by atoms with E-state index in [2.05, 4.69) is 43.2 Å². The number of aromatic nitrogens is 4. The number of methoxy groups -OCH3 is 1. The predicted molar refractivity (Wildman–Crippen MR) is 183 cm³/mol. The van der Waals surface area contributed by atoms with Crippen LogP contribution in [0.4, 0.5) is 16.1 Å². The van der Waals surface area contributed by atoms with E-state index in [0.717, 1.165) is 34.9 Å². The van der Waals surface area contributed by atoms with Gasteiger partial charge in [0.05, 0.1) is 17.8 Å². The van der Waals surface area contributed by atoms with Crippen molar-refractivity contribution in [3.8, 4) is 22.7 Å². The fraction of sp³-hybridized carbons (Fsp3) is 0.361. The summed E-state index contributed by atoms with van der Waals surface area (Å²) in [4.78, 5) is 30.9. The number of halogens is 1. The lowest BCUT2D eigenvalue weighted by molar-refractivity contribution is -0.138. The number of nitrogens with one attached hydrogen (secondary N) is 3. The number of hydrogen-bond acceptors (Lipinski definition) is 9. The van der Waals surface area contributed by atoms with Crippen molar-refractivity contribution in [2.75, 3.05) is 57.0 Å². The summed E-state index contributed by atoms with van der Waals surface area (Å²) in [6.45, 7) is 5.16. The molecule has 13 heteroatoms. The first kappa shape index (κ1) is 32.4. The van der Waals surface area contributed by atoms with E-state index in [-0.39, 0.29) is 24.2 Å². The summed E-state index contributed by atoms with van der Waals surface area (Å²) < 4.78 is 25.0. The van der Waals surface area contributed by atoms with Crippen LogP contribution in [0.25, 0.3) is 33.6 Å². The molecule has 254 valence electrons. The van der Waals surface area contributed by atoms with Crippen LogP contribution in [0.2, 0.25) is 0 Å². The number of fused-ring (bicyclic) bond motifs is 1. The molecule has 7 rings (SSSR count). The molecule has 49 heavy (non-hydrogen) atoms. The van der Waals surface area contributed by atoms with Crippen LogP contribution in [0.5, 0.6) is 0 Å². The summed E-state index contributed by atoms with van der Waals surface area (Å²) in [5, 5.41) is 22.4. The highest BCUT2D eigenvalue weighted by Gasteiger charge is 2.45. The first-order valence-electron chi connectivity index (χ1n) is 16.6. The Balaban J connectivity index is 0.925. The van der Waals surface area contributed by atoms with Gasteiger partial charge in [0.2, 0.25) is 11.8 Å². The minimum atomic E-state index is -1.08. The van der Waals surface area contributed by atoms with Crippen molar-refractivity contribution in [1.29, 1.82) is 0 Å². The van der Waals surface area contributed by atoms with Crippen molar-refractivity contribution in [2.45, 2.75) is 37.7 Å². The highest BCUT2D eigenvalue weighted by atomic mass is 19.1. The Bertz CT molecular complexity index is 1930.